The third-order valence-electron chi connectivity index (χ3n) is 4.13. The maximum atomic E-state index is 12.3. The van der Waals surface area contributed by atoms with Gasteiger partial charge >= 0.3 is 0 Å². The van der Waals surface area contributed by atoms with Crippen LogP contribution >= 0.6 is 0 Å². The number of nitrogens with zero attached hydrogens (tertiary/aromatic N) is 3. The lowest BCUT2D eigenvalue weighted by molar-refractivity contribution is -0.130. The molecule has 130 valence electrons. The summed E-state index contributed by atoms with van der Waals surface area (Å²) in [5.74, 6) is -0.379. The van der Waals surface area contributed by atoms with E-state index in [0.29, 0.717) is 5.69 Å². The van der Waals surface area contributed by atoms with Crippen molar-refractivity contribution < 1.29 is 9.59 Å². The van der Waals surface area contributed by atoms with Crippen molar-refractivity contribution in [3.05, 3.63) is 58.5 Å². The number of nitrogens with one attached hydrogen (secondary N) is 1. The van der Waals surface area contributed by atoms with Crippen LogP contribution in [-0.2, 0) is 11.3 Å². The van der Waals surface area contributed by atoms with Crippen LogP contribution in [-0.4, -0.2) is 39.6 Å². The van der Waals surface area contributed by atoms with Crippen molar-refractivity contribution in [3.8, 4) is 0 Å². The smallest absolute Gasteiger partial charge is 0.276 e. The Balaban J connectivity index is 1.66. The SMILES string of the molecule is O=C(Nc1ccccc1)c1ccc(=O)n(CCC(=O)N2CCCC2)n1. The van der Waals surface area contributed by atoms with Crippen molar-refractivity contribution in [2.75, 3.05) is 18.4 Å². The highest BCUT2D eigenvalue weighted by Crippen LogP contribution is 2.09. The quantitative estimate of drug-likeness (QED) is 0.894. The molecular formula is C18H20N4O3. The molecule has 1 aromatic heterocycles. The van der Waals surface area contributed by atoms with E-state index >= 15 is 0 Å². The Morgan fingerprint density at radius 1 is 1.04 bits per heavy atom. The molecule has 0 atom stereocenters. The van der Waals surface area contributed by atoms with Crippen LogP contribution in [0.15, 0.2) is 47.3 Å². The van der Waals surface area contributed by atoms with Crippen molar-refractivity contribution in [2.45, 2.75) is 25.8 Å². The molecule has 1 N–H and O–H groups in total. The number of para-hydroxylation sites is 1. The minimum atomic E-state index is -0.397. The van der Waals surface area contributed by atoms with Gasteiger partial charge in [-0.15, -0.1) is 0 Å². The fourth-order valence-electron chi connectivity index (χ4n) is 2.77. The molecule has 0 bridgehead atoms. The van der Waals surface area contributed by atoms with Crippen molar-refractivity contribution in [1.29, 1.82) is 0 Å². The average molecular weight is 340 g/mol. The summed E-state index contributed by atoms with van der Waals surface area (Å²) in [5.41, 5.74) is 0.457. The van der Waals surface area contributed by atoms with Gasteiger partial charge in [0.05, 0.1) is 6.54 Å². The Kier molecular flexibility index (Phi) is 5.23. The normalized spacial score (nSPS) is 13.7. The number of benzene rings is 1. The Labute approximate surface area is 145 Å². The fourth-order valence-corrected chi connectivity index (χ4v) is 2.77. The first-order valence-corrected chi connectivity index (χ1v) is 8.36. The van der Waals surface area contributed by atoms with Crippen LogP contribution in [0, 0.1) is 0 Å². The number of carbonyl (C=O) groups is 2. The molecular weight excluding hydrogens is 320 g/mol. The van der Waals surface area contributed by atoms with E-state index in [1.54, 1.807) is 17.0 Å². The molecule has 1 aromatic carbocycles. The van der Waals surface area contributed by atoms with Gasteiger partial charge in [0.1, 0.15) is 5.69 Å². The second kappa shape index (κ2) is 7.74. The predicted molar refractivity (Wildman–Crippen MR) is 93.3 cm³/mol. The minimum Gasteiger partial charge on any atom is -0.343 e. The molecule has 0 unspecified atom stereocenters. The zero-order valence-corrected chi connectivity index (χ0v) is 13.9. The molecule has 1 fully saturated rings. The van der Waals surface area contributed by atoms with Crippen LogP contribution in [0.5, 0.6) is 0 Å². The predicted octanol–water partition coefficient (Wildman–Crippen LogP) is 1.51. The maximum absolute atomic E-state index is 12.3. The molecule has 0 spiro atoms. The van der Waals surface area contributed by atoms with Crippen LogP contribution in [0.2, 0.25) is 0 Å². The van der Waals surface area contributed by atoms with E-state index in [4.69, 9.17) is 0 Å². The second-order valence-electron chi connectivity index (χ2n) is 5.94. The Morgan fingerprint density at radius 2 is 1.76 bits per heavy atom. The Morgan fingerprint density at radius 3 is 2.48 bits per heavy atom. The van der Waals surface area contributed by atoms with Crippen molar-refractivity contribution in [1.82, 2.24) is 14.7 Å². The number of aromatic nitrogens is 2. The highest BCUT2D eigenvalue weighted by Gasteiger charge is 2.18. The summed E-state index contributed by atoms with van der Waals surface area (Å²) in [6.07, 6.45) is 2.26. The molecule has 1 aliphatic rings. The summed E-state index contributed by atoms with van der Waals surface area (Å²) in [7, 11) is 0. The lowest BCUT2D eigenvalue weighted by Crippen LogP contribution is -2.31. The maximum Gasteiger partial charge on any atom is 0.276 e. The largest absolute Gasteiger partial charge is 0.343 e. The van der Waals surface area contributed by atoms with E-state index < -0.39 is 5.91 Å². The third kappa shape index (κ3) is 4.32. The van der Waals surface area contributed by atoms with Gasteiger partial charge in [-0.3, -0.25) is 14.4 Å². The number of amides is 2. The average Bonchev–Trinajstić information content (AvgIpc) is 3.16. The number of anilines is 1. The van der Waals surface area contributed by atoms with Crippen LogP contribution < -0.4 is 10.9 Å². The molecule has 7 nitrogen and oxygen atoms in total. The number of likely N-dealkylation sites (tertiary alicyclic amines) is 1. The standard InChI is InChI=1S/C18H20N4O3/c23-16(21-11-4-5-12-21)10-13-22-17(24)9-8-15(20-22)18(25)19-14-6-2-1-3-7-14/h1-3,6-9H,4-5,10-13H2,(H,19,25). The number of rotatable bonds is 5. The van der Waals surface area contributed by atoms with E-state index in [1.807, 2.05) is 18.2 Å². The summed E-state index contributed by atoms with van der Waals surface area (Å²) in [6.45, 7) is 1.72. The van der Waals surface area contributed by atoms with Gasteiger partial charge in [0, 0.05) is 31.3 Å². The lowest BCUT2D eigenvalue weighted by Gasteiger charge is -2.15. The van der Waals surface area contributed by atoms with E-state index in [-0.39, 0.29) is 30.1 Å². The van der Waals surface area contributed by atoms with Gasteiger partial charge in [-0.1, -0.05) is 18.2 Å². The van der Waals surface area contributed by atoms with Crippen molar-refractivity contribution in [2.24, 2.45) is 0 Å². The molecule has 25 heavy (non-hydrogen) atoms. The fraction of sp³-hybridized carbons (Fsp3) is 0.333. The molecule has 0 aliphatic carbocycles. The summed E-state index contributed by atoms with van der Waals surface area (Å²) >= 11 is 0. The first-order chi connectivity index (χ1) is 12.1. The van der Waals surface area contributed by atoms with Gasteiger partial charge in [-0.25, -0.2) is 4.68 Å². The third-order valence-corrected chi connectivity index (χ3v) is 4.13. The van der Waals surface area contributed by atoms with Gasteiger partial charge in [-0.2, -0.15) is 5.10 Å². The summed E-state index contributed by atoms with van der Waals surface area (Å²) in [6, 6.07) is 11.7. The molecule has 0 radical (unpaired) electrons. The summed E-state index contributed by atoms with van der Waals surface area (Å²) < 4.78 is 1.17. The van der Waals surface area contributed by atoms with Gasteiger partial charge in [-0.05, 0) is 31.0 Å². The number of hydrogen-bond acceptors (Lipinski definition) is 4. The van der Waals surface area contributed by atoms with E-state index in [1.165, 1.54) is 16.8 Å². The summed E-state index contributed by atoms with van der Waals surface area (Å²) in [5, 5.41) is 6.81. The molecule has 2 amide bonds. The molecule has 3 rings (SSSR count). The molecule has 1 saturated heterocycles. The topological polar surface area (TPSA) is 84.3 Å². The Bertz CT molecular complexity index is 811. The number of carbonyl (C=O) groups excluding carboxylic acids is 2. The zero-order chi connectivity index (χ0) is 17.6. The minimum absolute atomic E-state index is 0.0188. The van der Waals surface area contributed by atoms with Gasteiger partial charge in [0.25, 0.3) is 11.5 Å². The van der Waals surface area contributed by atoms with Crippen molar-refractivity contribution in [3.63, 3.8) is 0 Å². The van der Waals surface area contributed by atoms with Crippen LogP contribution in [0.3, 0.4) is 0 Å². The van der Waals surface area contributed by atoms with Gasteiger partial charge < -0.3 is 10.2 Å². The van der Waals surface area contributed by atoms with Crippen LogP contribution in [0.25, 0.3) is 0 Å². The monoisotopic (exact) mass is 340 g/mol. The van der Waals surface area contributed by atoms with Crippen LogP contribution in [0.1, 0.15) is 29.8 Å². The van der Waals surface area contributed by atoms with E-state index in [2.05, 4.69) is 10.4 Å². The first kappa shape index (κ1) is 16.9. The molecule has 7 heteroatoms. The second-order valence-corrected chi connectivity index (χ2v) is 5.94. The number of hydrogen-bond donors (Lipinski definition) is 1. The highest BCUT2D eigenvalue weighted by atomic mass is 16.2. The molecule has 2 aromatic rings. The highest BCUT2D eigenvalue weighted by molar-refractivity contribution is 6.02. The molecule has 1 aliphatic heterocycles. The van der Waals surface area contributed by atoms with Crippen LogP contribution in [0.4, 0.5) is 5.69 Å². The van der Waals surface area contributed by atoms with Gasteiger partial charge in [0.2, 0.25) is 5.91 Å². The van der Waals surface area contributed by atoms with Gasteiger partial charge in [0.15, 0.2) is 0 Å². The number of aryl methyl sites for hydroxylation is 1. The molecule has 0 saturated carbocycles. The first-order valence-electron chi connectivity index (χ1n) is 8.36. The Hall–Kier alpha value is -2.96. The zero-order valence-electron chi connectivity index (χ0n) is 13.9. The molecule has 2 heterocycles. The van der Waals surface area contributed by atoms with Crippen molar-refractivity contribution >= 4 is 17.5 Å². The summed E-state index contributed by atoms with van der Waals surface area (Å²) in [4.78, 5) is 38.1. The van der Waals surface area contributed by atoms with E-state index in [9.17, 15) is 14.4 Å². The lowest BCUT2D eigenvalue weighted by atomic mass is 10.3. The van der Waals surface area contributed by atoms with E-state index in [0.717, 1.165) is 25.9 Å².